The molecule has 0 saturated carbocycles. The zero-order valence-electron chi connectivity index (χ0n) is 12.1. The van der Waals surface area contributed by atoms with Crippen LogP contribution in [0.1, 0.15) is 25.3 Å². The van der Waals surface area contributed by atoms with Gasteiger partial charge in [0.15, 0.2) is 0 Å². The minimum absolute atomic E-state index is 0.206. The van der Waals surface area contributed by atoms with Crippen molar-refractivity contribution in [1.29, 1.82) is 0 Å². The Morgan fingerprint density at radius 2 is 1.90 bits per heavy atom. The summed E-state index contributed by atoms with van der Waals surface area (Å²) in [5.74, 6) is -1.18. The highest BCUT2D eigenvalue weighted by molar-refractivity contribution is 5.86. The molecule has 0 fully saturated rings. The highest BCUT2D eigenvalue weighted by atomic mass is 16.5. The number of hydrogen-bond donors (Lipinski definition) is 1. The summed E-state index contributed by atoms with van der Waals surface area (Å²) in [6, 6.07) is 9.73. The predicted molar refractivity (Wildman–Crippen MR) is 83.4 cm³/mol. The number of benzene rings is 1. The molecule has 1 aromatic rings. The van der Waals surface area contributed by atoms with Gasteiger partial charge in [-0.05, 0) is 12.0 Å². The number of esters is 1. The van der Waals surface area contributed by atoms with Crippen LogP contribution in [0.4, 0.5) is 0 Å². The molecular weight excluding hydrogens is 268 g/mol. The second-order valence-electron chi connectivity index (χ2n) is 3.94. The van der Waals surface area contributed by atoms with E-state index in [1.54, 1.807) is 13.0 Å². The number of carbonyl (C=O) groups is 2. The number of carboxylic acids is 1. The molecule has 0 aliphatic heterocycles. The van der Waals surface area contributed by atoms with Crippen LogP contribution in [0.3, 0.4) is 0 Å². The molecule has 21 heavy (non-hydrogen) atoms. The summed E-state index contributed by atoms with van der Waals surface area (Å²) in [6.45, 7) is 8.37. The van der Waals surface area contributed by atoms with Gasteiger partial charge in [0, 0.05) is 12.0 Å². The van der Waals surface area contributed by atoms with Crippen molar-refractivity contribution in [2.75, 3.05) is 0 Å². The van der Waals surface area contributed by atoms with Gasteiger partial charge in [-0.15, -0.1) is 0 Å². The fourth-order valence-corrected chi connectivity index (χ4v) is 1.17. The second-order valence-corrected chi connectivity index (χ2v) is 3.94. The third-order valence-corrected chi connectivity index (χ3v) is 2.28. The van der Waals surface area contributed by atoms with Gasteiger partial charge in [0.05, 0.1) is 6.26 Å². The lowest BCUT2D eigenvalue weighted by molar-refractivity contribution is -0.137. The quantitative estimate of drug-likeness (QED) is 0.491. The minimum atomic E-state index is -0.942. The summed E-state index contributed by atoms with van der Waals surface area (Å²) >= 11 is 0. The average molecular weight is 288 g/mol. The predicted octanol–water partition coefficient (Wildman–Crippen LogP) is 3.81. The number of hydrogen-bond acceptors (Lipinski definition) is 3. The second kappa shape index (κ2) is 11.2. The molecular formula is C17H20O4. The smallest absolute Gasteiger partial charge is 0.331 e. The normalized spacial score (nSPS) is 9.38. The van der Waals surface area contributed by atoms with Crippen molar-refractivity contribution in [2.24, 2.45) is 0 Å². The van der Waals surface area contributed by atoms with Crippen molar-refractivity contribution in [3.8, 4) is 0 Å². The van der Waals surface area contributed by atoms with Crippen molar-refractivity contribution >= 4 is 18.0 Å². The molecule has 1 rings (SSSR count). The van der Waals surface area contributed by atoms with Crippen molar-refractivity contribution in [3.63, 3.8) is 0 Å². The number of carbonyl (C=O) groups excluding carboxylic acids is 1. The van der Waals surface area contributed by atoms with Crippen LogP contribution in [0.2, 0.25) is 0 Å². The lowest BCUT2D eigenvalue weighted by Crippen LogP contribution is -1.96. The molecule has 4 heteroatoms. The van der Waals surface area contributed by atoms with Crippen LogP contribution >= 0.6 is 0 Å². The molecule has 0 aliphatic carbocycles. The SMILES string of the molecule is C=C(CC=Cc1ccccc1)C(=O)O.C=COC(=O)CC. The average Bonchev–Trinajstić information content (AvgIpc) is 2.49. The van der Waals surface area contributed by atoms with E-state index in [4.69, 9.17) is 5.11 Å². The zero-order valence-corrected chi connectivity index (χ0v) is 12.1. The number of carboxylic acid groups (broad SMARTS) is 1. The molecule has 0 saturated heterocycles. The Kier molecular flexibility index (Phi) is 9.83. The van der Waals surface area contributed by atoms with Crippen LogP contribution in [0, 0.1) is 0 Å². The lowest BCUT2D eigenvalue weighted by Gasteiger charge is -1.93. The Labute approximate surface area is 125 Å². The van der Waals surface area contributed by atoms with Gasteiger partial charge in [0.2, 0.25) is 0 Å². The lowest BCUT2D eigenvalue weighted by atomic mass is 10.1. The van der Waals surface area contributed by atoms with Gasteiger partial charge in [0.25, 0.3) is 0 Å². The molecule has 0 bridgehead atoms. The van der Waals surface area contributed by atoms with Gasteiger partial charge < -0.3 is 9.84 Å². The largest absolute Gasteiger partial charge is 0.478 e. The fraction of sp³-hybridized carbons (Fsp3) is 0.176. The summed E-state index contributed by atoms with van der Waals surface area (Å²) < 4.78 is 4.32. The molecule has 0 aromatic heterocycles. The van der Waals surface area contributed by atoms with E-state index in [0.717, 1.165) is 11.8 Å². The Hall–Kier alpha value is -2.62. The van der Waals surface area contributed by atoms with Crippen LogP contribution in [0.25, 0.3) is 6.08 Å². The monoisotopic (exact) mass is 288 g/mol. The first-order chi connectivity index (χ1) is 10.0. The molecule has 0 spiro atoms. The first kappa shape index (κ1) is 18.4. The van der Waals surface area contributed by atoms with Crippen LogP contribution < -0.4 is 0 Å². The van der Waals surface area contributed by atoms with Crippen molar-refractivity contribution < 1.29 is 19.4 Å². The number of aliphatic carboxylic acids is 1. The Morgan fingerprint density at radius 1 is 1.29 bits per heavy atom. The van der Waals surface area contributed by atoms with Gasteiger partial charge in [-0.1, -0.05) is 62.6 Å². The van der Waals surface area contributed by atoms with E-state index in [2.05, 4.69) is 17.9 Å². The van der Waals surface area contributed by atoms with Crippen LogP contribution in [-0.2, 0) is 14.3 Å². The summed E-state index contributed by atoms with van der Waals surface area (Å²) in [4.78, 5) is 20.5. The van der Waals surface area contributed by atoms with Gasteiger partial charge in [-0.25, -0.2) is 4.79 Å². The van der Waals surface area contributed by atoms with E-state index in [9.17, 15) is 9.59 Å². The highest BCUT2D eigenvalue weighted by Crippen LogP contribution is 2.05. The van der Waals surface area contributed by atoms with Crippen LogP contribution in [0.5, 0.6) is 0 Å². The van der Waals surface area contributed by atoms with E-state index in [1.807, 2.05) is 36.4 Å². The maximum Gasteiger partial charge on any atom is 0.331 e. The van der Waals surface area contributed by atoms with Gasteiger partial charge in [0.1, 0.15) is 0 Å². The Bertz CT molecular complexity index is 501. The molecule has 0 unspecified atom stereocenters. The topological polar surface area (TPSA) is 63.6 Å². The van der Waals surface area contributed by atoms with E-state index in [0.29, 0.717) is 12.8 Å². The molecule has 1 N–H and O–H groups in total. The Morgan fingerprint density at radius 3 is 2.33 bits per heavy atom. The maximum absolute atomic E-state index is 10.4. The number of allylic oxidation sites excluding steroid dienone is 1. The van der Waals surface area contributed by atoms with Gasteiger partial charge >= 0.3 is 11.9 Å². The van der Waals surface area contributed by atoms with Crippen molar-refractivity contribution in [2.45, 2.75) is 19.8 Å². The fourth-order valence-electron chi connectivity index (χ4n) is 1.17. The molecule has 0 atom stereocenters. The zero-order chi connectivity index (χ0) is 16.1. The number of ether oxygens (including phenoxy) is 1. The van der Waals surface area contributed by atoms with Crippen molar-refractivity contribution in [1.82, 2.24) is 0 Å². The molecule has 0 amide bonds. The standard InChI is InChI=1S/C12H12O2.C5H8O2/c1-10(12(13)14)6-5-9-11-7-3-2-4-8-11;1-3-5(6)7-4-2/h2-5,7-9H,1,6H2,(H,13,14);4H,2-3H2,1H3. The summed E-state index contributed by atoms with van der Waals surface area (Å²) in [5, 5.41) is 8.55. The summed E-state index contributed by atoms with van der Waals surface area (Å²) in [6.07, 6.45) is 5.60. The Balaban J connectivity index is 0.000000486. The summed E-state index contributed by atoms with van der Waals surface area (Å²) in [7, 11) is 0. The molecule has 0 radical (unpaired) electrons. The molecule has 0 aliphatic rings. The third-order valence-electron chi connectivity index (χ3n) is 2.28. The summed E-state index contributed by atoms with van der Waals surface area (Å²) in [5.41, 5.74) is 1.27. The highest BCUT2D eigenvalue weighted by Gasteiger charge is 1.99. The van der Waals surface area contributed by atoms with Crippen LogP contribution in [0.15, 0.2) is 61.4 Å². The van der Waals surface area contributed by atoms with E-state index < -0.39 is 5.97 Å². The third kappa shape index (κ3) is 9.90. The van der Waals surface area contributed by atoms with Gasteiger partial charge in [-0.2, -0.15) is 0 Å². The molecule has 0 heterocycles. The molecule has 112 valence electrons. The first-order valence-electron chi connectivity index (χ1n) is 6.44. The number of rotatable bonds is 6. The van der Waals surface area contributed by atoms with E-state index in [1.165, 1.54) is 0 Å². The van der Waals surface area contributed by atoms with Crippen LogP contribution in [-0.4, -0.2) is 17.0 Å². The van der Waals surface area contributed by atoms with E-state index in [-0.39, 0.29) is 11.5 Å². The van der Waals surface area contributed by atoms with Crippen molar-refractivity contribution in [3.05, 3.63) is 67.0 Å². The maximum atomic E-state index is 10.4. The molecule has 1 aromatic carbocycles. The van der Waals surface area contributed by atoms with E-state index >= 15 is 0 Å². The molecule has 4 nitrogen and oxygen atoms in total. The first-order valence-corrected chi connectivity index (χ1v) is 6.44. The minimum Gasteiger partial charge on any atom is -0.478 e. The van der Waals surface area contributed by atoms with Gasteiger partial charge in [-0.3, -0.25) is 4.79 Å².